The van der Waals surface area contributed by atoms with Gasteiger partial charge in [-0.25, -0.2) is 0 Å². The van der Waals surface area contributed by atoms with Crippen molar-refractivity contribution < 1.29 is 14.7 Å². The van der Waals surface area contributed by atoms with Crippen molar-refractivity contribution in [1.29, 1.82) is 0 Å². The van der Waals surface area contributed by atoms with Crippen molar-refractivity contribution in [2.75, 3.05) is 0 Å². The first-order valence-corrected chi connectivity index (χ1v) is 5.13. The molecule has 0 saturated carbocycles. The van der Waals surface area contributed by atoms with Crippen molar-refractivity contribution >= 4 is 17.3 Å². The fourth-order valence-corrected chi connectivity index (χ4v) is 2.03. The molecule has 0 bridgehead atoms. The highest BCUT2D eigenvalue weighted by atomic mass is 16.4. The van der Waals surface area contributed by atoms with E-state index in [2.05, 4.69) is 0 Å². The minimum Gasteiger partial charge on any atom is -0.481 e. The SMILES string of the molecule is CC1=C(c2ccccc2)C[C@H](C(=O)O)C1=O. The van der Waals surface area contributed by atoms with Gasteiger partial charge in [-0.3, -0.25) is 9.59 Å². The van der Waals surface area contributed by atoms with Crippen molar-refractivity contribution in [3.63, 3.8) is 0 Å². The molecule has 0 spiro atoms. The van der Waals surface area contributed by atoms with E-state index < -0.39 is 11.9 Å². The van der Waals surface area contributed by atoms with Gasteiger partial charge >= 0.3 is 5.97 Å². The second-order valence-corrected chi connectivity index (χ2v) is 3.93. The molecule has 3 nitrogen and oxygen atoms in total. The Hall–Kier alpha value is -1.90. The maximum absolute atomic E-state index is 11.7. The molecule has 82 valence electrons. The maximum atomic E-state index is 11.7. The summed E-state index contributed by atoms with van der Waals surface area (Å²) in [5, 5.41) is 8.92. The fourth-order valence-electron chi connectivity index (χ4n) is 2.03. The average Bonchev–Trinajstić information content (AvgIpc) is 2.58. The minimum absolute atomic E-state index is 0.258. The van der Waals surface area contributed by atoms with E-state index in [0.717, 1.165) is 11.1 Å². The van der Waals surface area contributed by atoms with Gasteiger partial charge in [-0.1, -0.05) is 30.3 Å². The number of hydrogen-bond acceptors (Lipinski definition) is 2. The number of carbonyl (C=O) groups excluding carboxylic acids is 1. The van der Waals surface area contributed by atoms with Crippen LogP contribution < -0.4 is 0 Å². The Morgan fingerprint density at radius 1 is 1.31 bits per heavy atom. The Bertz CT molecular complexity index is 471. The number of Topliss-reactive ketones (excluding diaryl/α,β-unsaturated/α-hetero) is 1. The van der Waals surface area contributed by atoms with Crippen LogP contribution in [0.1, 0.15) is 18.9 Å². The van der Waals surface area contributed by atoms with E-state index >= 15 is 0 Å². The van der Waals surface area contributed by atoms with E-state index in [9.17, 15) is 9.59 Å². The van der Waals surface area contributed by atoms with Crippen LogP contribution in [0.2, 0.25) is 0 Å². The second-order valence-electron chi connectivity index (χ2n) is 3.93. The van der Waals surface area contributed by atoms with Gasteiger partial charge < -0.3 is 5.11 Å². The Balaban J connectivity index is 2.38. The van der Waals surface area contributed by atoms with Crippen molar-refractivity contribution in [3.8, 4) is 0 Å². The first kappa shape index (κ1) is 10.6. The summed E-state index contributed by atoms with van der Waals surface area (Å²) in [6.07, 6.45) is 0.310. The van der Waals surface area contributed by atoms with Gasteiger partial charge in [0.05, 0.1) is 0 Å². The lowest BCUT2D eigenvalue weighted by Gasteiger charge is -2.03. The standard InChI is InChI=1S/C13H12O3/c1-8-10(9-5-3-2-4-6-9)7-11(12(8)14)13(15)16/h2-6,11H,7H2,1H3,(H,15,16)/t11-/m0/s1. The highest BCUT2D eigenvalue weighted by Crippen LogP contribution is 2.35. The molecule has 0 aliphatic heterocycles. The van der Waals surface area contributed by atoms with Gasteiger partial charge in [0.2, 0.25) is 0 Å². The van der Waals surface area contributed by atoms with Crippen LogP contribution in [0.25, 0.3) is 5.57 Å². The van der Waals surface area contributed by atoms with Gasteiger partial charge in [0.15, 0.2) is 5.78 Å². The van der Waals surface area contributed by atoms with Crippen molar-refractivity contribution in [3.05, 3.63) is 41.5 Å². The predicted molar refractivity (Wildman–Crippen MR) is 59.8 cm³/mol. The van der Waals surface area contributed by atoms with E-state index in [1.807, 2.05) is 30.3 Å². The third-order valence-corrected chi connectivity index (χ3v) is 2.97. The zero-order valence-electron chi connectivity index (χ0n) is 8.93. The van der Waals surface area contributed by atoms with Gasteiger partial charge in [0.25, 0.3) is 0 Å². The Morgan fingerprint density at radius 3 is 2.44 bits per heavy atom. The van der Waals surface area contributed by atoms with Crippen molar-refractivity contribution in [1.82, 2.24) is 0 Å². The number of rotatable bonds is 2. The van der Waals surface area contributed by atoms with E-state index in [0.29, 0.717) is 12.0 Å². The summed E-state index contributed by atoms with van der Waals surface area (Å²) < 4.78 is 0. The number of aliphatic carboxylic acids is 1. The van der Waals surface area contributed by atoms with Crippen LogP contribution in [0, 0.1) is 5.92 Å². The molecule has 2 rings (SSSR count). The van der Waals surface area contributed by atoms with E-state index in [-0.39, 0.29) is 5.78 Å². The molecule has 1 aromatic rings. The number of hydrogen-bond donors (Lipinski definition) is 1. The molecule has 0 unspecified atom stereocenters. The van der Waals surface area contributed by atoms with Crippen LogP contribution in [0.15, 0.2) is 35.9 Å². The molecule has 1 aliphatic rings. The van der Waals surface area contributed by atoms with Gasteiger partial charge in [0, 0.05) is 0 Å². The predicted octanol–water partition coefficient (Wildman–Crippen LogP) is 2.13. The first-order chi connectivity index (χ1) is 7.61. The maximum Gasteiger partial charge on any atom is 0.314 e. The normalized spacial score (nSPS) is 20.3. The van der Waals surface area contributed by atoms with Gasteiger partial charge in [0.1, 0.15) is 5.92 Å². The van der Waals surface area contributed by atoms with E-state index in [4.69, 9.17) is 5.11 Å². The van der Waals surface area contributed by atoms with Crippen LogP contribution in [0.3, 0.4) is 0 Å². The molecular formula is C13H12O3. The van der Waals surface area contributed by atoms with Crippen molar-refractivity contribution in [2.45, 2.75) is 13.3 Å². The van der Waals surface area contributed by atoms with Crippen LogP contribution in [0.5, 0.6) is 0 Å². The number of carbonyl (C=O) groups is 2. The molecule has 1 aromatic carbocycles. The Kier molecular flexibility index (Phi) is 2.60. The molecule has 1 aliphatic carbocycles. The molecule has 0 fully saturated rings. The second kappa shape index (κ2) is 3.93. The molecule has 1 N–H and O–H groups in total. The summed E-state index contributed by atoms with van der Waals surface area (Å²) in [4.78, 5) is 22.6. The number of carboxylic acids is 1. The molecule has 0 saturated heterocycles. The number of carboxylic acid groups (broad SMARTS) is 1. The lowest BCUT2D eigenvalue weighted by atomic mass is 10.0. The van der Waals surface area contributed by atoms with Gasteiger partial charge in [-0.2, -0.15) is 0 Å². The number of ketones is 1. The molecule has 0 radical (unpaired) electrons. The van der Waals surface area contributed by atoms with Crippen molar-refractivity contribution in [2.24, 2.45) is 5.92 Å². The Labute approximate surface area is 93.4 Å². The fraction of sp³-hybridized carbons (Fsp3) is 0.231. The summed E-state index contributed by atoms with van der Waals surface area (Å²) in [6, 6.07) is 9.46. The highest BCUT2D eigenvalue weighted by Gasteiger charge is 2.35. The van der Waals surface area contributed by atoms with Crippen LogP contribution >= 0.6 is 0 Å². The lowest BCUT2D eigenvalue weighted by Crippen LogP contribution is -2.19. The molecular weight excluding hydrogens is 204 g/mol. The Morgan fingerprint density at radius 2 is 1.94 bits per heavy atom. The topological polar surface area (TPSA) is 54.4 Å². The van der Waals surface area contributed by atoms with Crippen LogP contribution in [0.4, 0.5) is 0 Å². The lowest BCUT2D eigenvalue weighted by molar-refractivity contribution is -0.144. The largest absolute Gasteiger partial charge is 0.481 e. The monoisotopic (exact) mass is 216 g/mol. The third kappa shape index (κ3) is 1.65. The zero-order valence-corrected chi connectivity index (χ0v) is 8.93. The van der Waals surface area contributed by atoms with Gasteiger partial charge in [-0.05, 0) is 30.1 Å². The third-order valence-electron chi connectivity index (χ3n) is 2.97. The average molecular weight is 216 g/mol. The number of allylic oxidation sites excluding steroid dienone is 2. The summed E-state index contributed by atoms with van der Waals surface area (Å²) in [5.41, 5.74) is 2.38. The van der Waals surface area contributed by atoms with E-state index in [1.165, 1.54) is 0 Å². The van der Waals surface area contributed by atoms with E-state index in [1.54, 1.807) is 6.92 Å². The highest BCUT2D eigenvalue weighted by molar-refractivity contribution is 6.16. The molecule has 0 heterocycles. The summed E-state index contributed by atoms with van der Waals surface area (Å²) >= 11 is 0. The molecule has 0 amide bonds. The number of benzene rings is 1. The summed E-state index contributed by atoms with van der Waals surface area (Å²) in [6.45, 7) is 1.70. The smallest absolute Gasteiger partial charge is 0.314 e. The molecule has 3 heteroatoms. The molecule has 0 aromatic heterocycles. The van der Waals surface area contributed by atoms with Crippen LogP contribution in [-0.4, -0.2) is 16.9 Å². The quantitative estimate of drug-likeness (QED) is 0.770. The minimum atomic E-state index is -1.03. The zero-order chi connectivity index (χ0) is 11.7. The first-order valence-electron chi connectivity index (χ1n) is 5.13. The van der Waals surface area contributed by atoms with Gasteiger partial charge in [-0.15, -0.1) is 0 Å². The molecule has 16 heavy (non-hydrogen) atoms. The van der Waals surface area contributed by atoms with Crippen LogP contribution in [-0.2, 0) is 9.59 Å². The summed E-state index contributed by atoms with van der Waals surface area (Å²) in [7, 11) is 0. The molecule has 1 atom stereocenters. The summed E-state index contributed by atoms with van der Waals surface area (Å²) in [5.74, 6) is -2.18.